The van der Waals surface area contributed by atoms with Gasteiger partial charge >= 0.3 is 0 Å². The highest BCUT2D eigenvalue weighted by Crippen LogP contribution is 2.25. The van der Waals surface area contributed by atoms with Crippen LogP contribution in [0.4, 0.5) is 0 Å². The number of nitrogens with zero attached hydrogens (tertiary/aromatic N) is 15. The van der Waals surface area contributed by atoms with Gasteiger partial charge in [0.05, 0.1) is 60.6 Å². The molecule has 4 N–H and O–H groups in total. The number of ether oxygens (including phenoxy) is 2. The van der Waals surface area contributed by atoms with E-state index in [1.54, 1.807) is 49.2 Å². The highest BCUT2D eigenvalue weighted by Gasteiger charge is 2.22. The van der Waals surface area contributed by atoms with Crippen LogP contribution in [0.3, 0.4) is 0 Å². The van der Waals surface area contributed by atoms with Crippen LogP contribution in [0.2, 0.25) is 0 Å². The van der Waals surface area contributed by atoms with Crippen molar-refractivity contribution in [3.05, 3.63) is 115 Å². The predicted molar refractivity (Wildman–Crippen MR) is 255 cm³/mol. The van der Waals surface area contributed by atoms with Gasteiger partial charge < -0.3 is 38.8 Å². The minimum atomic E-state index is -0.515. The van der Waals surface area contributed by atoms with Crippen LogP contribution < -0.4 is 11.1 Å². The Morgan fingerprint density at radius 1 is 0.681 bits per heavy atom. The number of nitrogens with one attached hydrogen (secondary N) is 2. The number of rotatable bonds is 19. The first-order valence-electron chi connectivity index (χ1n) is 21.5. The van der Waals surface area contributed by atoms with E-state index in [9.17, 15) is 19.8 Å². The number of benzene rings is 2. The molecule has 69 heavy (non-hydrogen) atoms. The molecule has 8 heterocycles. The van der Waals surface area contributed by atoms with E-state index in [1.807, 2.05) is 68.6 Å². The van der Waals surface area contributed by atoms with Gasteiger partial charge in [0.25, 0.3) is 11.1 Å². The molecule has 356 valence electrons. The van der Waals surface area contributed by atoms with E-state index in [2.05, 4.69) is 82.4 Å². The predicted octanol–water partition coefficient (Wildman–Crippen LogP) is 3.79. The van der Waals surface area contributed by atoms with Crippen LogP contribution in [-0.4, -0.2) is 132 Å². The largest absolute Gasteiger partial charge is 0.395 e. The first-order chi connectivity index (χ1) is 33.4. The smallest absolute Gasteiger partial charge is 0.287 e. The number of imidazole rings is 4. The molecule has 0 saturated heterocycles. The first-order valence-corrected chi connectivity index (χ1v) is 23.1. The van der Waals surface area contributed by atoms with Crippen molar-refractivity contribution in [3.8, 4) is 33.9 Å². The van der Waals surface area contributed by atoms with Gasteiger partial charge in [0.2, 0.25) is 11.6 Å². The van der Waals surface area contributed by atoms with E-state index in [1.165, 1.54) is 8.80 Å². The topological polar surface area (TPSA) is 269 Å². The number of halogens is 2. The Hall–Kier alpha value is -6.78. The van der Waals surface area contributed by atoms with Crippen LogP contribution >= 0.6 is 31.9 Å². The molecule has 8 aromatic heterocycles. The fraction of sp³-hybridized carbons (Fsp3) is 0.302. The molecule has 0 bridgehead atoms. The van der Waals surface area contributed by atoms with E-state index < -0.39 is 5.60 Å². The van der Waals surface area contributed by atoms with Gasteiger partial charge in [-0.25, -0.2) is 28.1 Å². The van der Waals surface area contributed by atoms with Gasteiger partial charge in [0, 0.05) is 39.1 Å². The molecule has 0 fully saturated rings. The second kappa shape index (κ2) is 19.0. The molecule has 0 atom stereocenters. The highest BCUT2D eigenvalue weighted by molar-refractivity contribution is 9.10. The van der Waals surface area contributed by atoms with Gasteiger partial charge in [0.1, 0.15) is 24.7 Å². The molecule has 0 saturated carbocycles. The van der Waals surface area contributed by atoms with E-state index in [4.69, 9.17) is 14.3 Å². The zero-order valence-corrected chi connectivity index (χ0v) is 40.4. The summed E-state index contributed by atoms with van der Waals surface area (Å²) in [6.07, 6.45) is 7.59. The lowest BCUT2D eigenvalue weighted by atomic mass is 10.1. The summed E-state index contributed by atoms with van der Waals surface area (Å²) in [5.74, 6) is 0.716. The van der Waals surface area contributed by atoms with Crippen LogP contribution in [0.1, 0.15) is 31.7 Å². The molecular formula is C43H43Br2N17O7. The molecule has 26 heteroatoms. The average Bonchev–Trinajstić information content (AvgIpc) is 4.23. The maximum Gasteiger partial charge on any atom is 0.287 e. The zero-order chi connectivity index (χ0) is 48.0. The molecule has 10 aromatic rings. The Labute approximate surface area is 406 Å². The summed E-state index contributed by atoms with van der Waals surface area (Å²) in [6, 6.07) is 15.2. The molecule has 0 unspecified atom stereocenters. The first kappa shape index (κ1) is 46.0. The number of hydroxylamine groups is 2. The normalized spacial score (nSPS) is 12.3. The van der Waals surface area contributed by atoms with Crippen LogP contribution in [-0.2, 0) is 40.6 Å². The molecule has 0 aliphatic rings. The van der Waals surface area contributed by atoms with E-state index in [0.29, 0.717) is 68.1 Å². The Kier molecular flexibility index (Phi) is 12.6. The maximum atomic E-state index is 13.2. The number of H-pyrrole nitrogens is 2. The van der Waals surface area contributed by atoms with Crippen LogP contribution in [0.5, 0.6) is 0 Å². The van der Waals surface area contributed by atoms with Crippen LogP contribution in [0.25, 0.3) is 67.8 Å². The molecule has 2 aromatic carbocycles. The van der Waals surface area contributed by atoms with Crippen LogP contribution in [0.15, 0.2) is 92.4 Å². The van der Waals surface area contributed by atoms with Crippen molar-refractivity contribution in [1.82, 2.24) is 82.9 Å². The third-order valence-electron chi connectivity index (χ3n) is 11.3. The van der Waals surface area contributed by atoms with Crippen molar-refractivity contribution in [2.24, 2.45) is 0 Å². The second-order valence-corrected chi connectivity index (χ2v) is 18.0. The zero-order valence-electron chi connectivity index (χ0n) is 37.2. The molecule has 0 radical (unpaired) electrons. The van der Waals surface area contributed by atoms with Crippen molar-refractivity contribution < 1.29 is 24.5 Å². The Balaban J connectivity index is 0.667. The summed E-state index contributed by atoms with van der Waals surface area (Å²) in [6.45, 7) is 5.30. The fourth-order valence-corrected chi connectivity index (χ4v) is 8.61. The van der Waals surface area contributed by atoms with Crippen LogP contribution in [0, 0.1) is 0 Å². The fourth-order valence-electron chi connectivity index (χ4n) is 7.56. The lowest BCUT2D eigenvalue weighted by molar-refractivity contribution is -0.225. The maximum absolute atomic E-state index is 13.2. The number of hydrogen-bond donors (Lipinski definition) is 4. The molecule has 24 nitrogen and oxygen atoms in total. The standard InChI is InChI=1S/C43H43Br2N17O7/c1-43(2,12-17-67-22-27-18-61(54-52-27)29-8-4-25(5-9-29)31-20-59-37(65)33-35(50-41(59)46-31)57(13-15-63)39(44)48-33)68-24-56(3)69-23-28-19-62(55-53-28)30-10-6-26(7-11-30)32-21-60-38(66)34-36(51-42(60)47-32)58(14-16-64)40(45)49-34/h4-11,18-21,63-64H,12-17,22-24H2,1-3H3,(H,46,50)(H,47,51). The van der Waals surface area contributed by atoms with E-state index in [-0.39, 0.29) is 68.4 Å². The van der Waals surface area contributed by atoms with Crippen molar-refractivity contribution in [1.29, 1.82) is 0 Å². The van der Waals surface area contributed by atoms with Crippen molar-refractivity contribution in [2.75, 3.05) is 33.6 Å². The average molecular weight is 1070 g/mol. The second-order valence-electron chi connectivity index (χ2n) is 16.6. The number of hydrogen-bond acceptors (Lipinski definition) is 16. The summed E-state index contributed by atoms with van der Waals surface area (Å²) in [5, 5.41) is 37.6. The van der Waals surface area contributed by atoms with Crippen molar-refractivity contribution in [3.63, 3.8) is 0 Å². The molecule has 0 spiro atoms. The quantitative estimate of drug-likeness (QED) is 0.0388. The minimum Gasteiger partial charge on any atom is -0.395 e. The monoisotopic (exact) mass is 1070 g/mol. The van der Waals surface area contributed by atoms with Gasteiger partial charge in [-0.05, 0) is 87.5 Å². The van der Waals surface area contributed by atoms with Gasteiger partial charge in [-0.2, -0.15) is 15.0 Å². The number of aromatic amines is 2. The number of aliphatic hydroxyl groups is 2. The molecular weight excluding hydrogens is 1030 g/mol. The Bertz CT molecular complexity index is 3580. The van der Waals surface area contributed by atoms with Gasteiger partial charge in [-0.1, -0.05) is 34.7 Å². The lowest BCUT2D eigenvalue weighted by Gasteiger charge is -2.27. The number of fused-ring (bicyclic) bond motifs is 4. The molecule has 0 aliphatic heterocycles. The molecule has 0 amide bonds. The summed E-state index contributed by atoms with van der Waals surface area (Å²) in [4.78, 5) is 56.5. The van der Waals surface area contributed by atoms with Gasteiger partial charge in [0.15, 0.2) is 31.8 Å². The summed E-state index contributed by atoms with van der Waals surface area (Å²) in [7, 11) is 1.78. The number of aliphatic hydroxyl groups excluding tert-OH is 2. The summed E-state index contributed by atoms with van der Waals surface area (Å²) in [5.41, 5.74) is 5.92. The SMILES string of the molecule is CN(COC(C)(C)CCOCc1cn(-c2ccc(-c3cn4c(=O)c5nc(Br)n(CCO)c5nc4[nH]3)cc2)nn1)OCc1cn(-c2ccc(-c3cn4c(=O)c5nc(Br)n(CCO)c5nc4[nH]3)cc2)nn1. The minimum absolute atomic E-state index is 0.122. The lowest BCUT2D eigenvalue weighted by Crippen LogP contribution is -2.33. The summed E-state index contributed by atoms with van der Waals surface area (Å²) < 4.78 is 22.4. The van der Waals surface area contributed by atoms with Gasteiger partial charge in [-0.3, -0.25) is 14.4 Å². The van der Waals surface area contributed by atoms with E-state index in [0.717, 1.165) is 22.5 Å². The van der Waals surface area contributed by atoms with Crippen molar-refractivity contribution in [2.45, 2.75) is 52.2 Å². The molecule has 10 rings (SSSR count). The van der Waals surface area contributed by atoms with E-state index >= 15 is 0 Å². The third-order valence-corrected chi connectivity index (χ3v) is 12.5. The molecule has 0 aliphatic carbocycles. The Morgan fingerprint density at radius 3 is 1.64 bits per heavy atom. The summed E-state index contributed by atoms with van der Waals surface area (Å²) >= 11 is 6.69. The number of aromatic nitrogens is 16. The highest BCUT2D eigenvalue weighted by atomic mass is 79.9. The van der Waals surface area contributed by atoms with Crippen molar-refractivity contribution >= 4 is 65.7 Å². The third kappa shape index (κ3) is 9.27. The Morgan fingerprint density at radius 2 is 1.16 bits per heavy atom. The van der Waals surface area contributed by atoms with Gasteiger partial charge in [-0.15, -0.1) is 10.2 Å².